The van der Waals surface area contributed by atoms with Crippen molar-refractivity contribution in [3.05, 3.63) is 44.0 Å². The molecule has 0 aliphatic carbocycles. The highest BCUT2D eigenvalue weighted by atomic mass is 79.9. The van der Waals surface area contributed by atoms with Crippen LogP contribution in [0.4, 0.5) is 5.69 Å². The first-order chi connectivity index (χ1) is 9.44. The number of anilines is 1. The fourth-order valence-electron chi connectivity index (χ4n) is 1.63. The lowest BCUT2D eigenvalue weighted by molar-refractivity contribution is 0.600. The van der Waals surface area contributed by atoms with Gasteiger partial charge in [-0.25, -0.2) is 8.42 Å². The lowest BCUT2D eigenvalue weighted by atomic mass is 10.3. The minimum Gasteiger partial charge on any atom is -0.315 e. The smallest absolute Gasteiger partial charge is 0.263 e. The average Bonchev–Trinajstić information content (AvgIpc) is 2.83. The Labute approximate surface area is 135 Å². The average molecular weight is 396 g/mol. The Hall–Kier alpha value is -0.600. The van der Waals surface area contributed by atoms with Crippen molar-refractivity contribution in [2.75, 3.05) is 11.8 Å². The van der Waals surface area contributed by atoms with Gasteiger partial charge in [0.25, 0.3) is 10.0 Å². The van der Waals surface area contributed by atoms with Crippen molar-refractivity contribution in [1.29, 1.82) is 0 Å². The van der Waals surface area contributed by atoms with Crippen LogP contribution in [0.25, 0.3) is 0 Å². The van der Waals surface area contributed by atoms with Crippen molar-refractivity contribution in [1.82, 2.24) is 5.32 Å². The van der Waals surface area contributed by atoms with E-state index < -0.39 is 10.0 Å². The number of rotatable bonds is 5. The van der Waals surface area contributed by atoms with Gasteiger partial charge in [-0.1, -0.05) is 11.6 Å². The molecule has 2 N–H and O–H groups in total. The first-order valence-corrected chi connectivity index (χ1v) is 9.16. The Morgan fingerprint density at radius 3 is 2.75 bits per heavy atom. The number of halogens is 2. The van der Waals surface area contributed by atoms with E-state index in [0.717, 1.165) is 4.88 Å². The minimum atomic E-state index is -3.61. The summed E-state index contributed by atoms with van der Waals surface area (Å²) in [5.41, 5.74) is 0.430. The van der Waals surface area contributed by atoms with Gasteiger partial charge in [-0.3, -0.25) is 4.72 Å². The topological polar surface area (TPSA) is 58.2 Å². The first-order valence-electron chi connectivity index (χ1n) is 5.63. The zero-order valence-electron chi connectivity index (χ0n) is 10.5. The Kier molecular flexibility index (Phi) is 5.09. The highest BCUT2D eigenvalue weighted by molar-refractivity contribution is 9.10. The third-order valence-electron chi connectivity index (χ3n) is 2.50. The zero-order chi connectivity index (χ0) is 14.8. The predicted molar refractivity (Wildman–Crippen MR) is 87.0 cm³/mol. The number of hydrogen-bond donors (Lipinski definition) is 2. The number of nitrogens with one attached hydrogen (secondary N) is 2. The molecule has 1 heterocycles. The van der Waals surface area contributed by atoms with Crippen LogP contribution < -0.4 is 10.0 Å². The Balaban J connectivity index is 2.30. The molecule has 2 rings (SSSR count). The maximum atomic E-state index is 12.4. The van der Waals surface area contributed by atoms with E-state index in [2.05, 4.69) is 26.0 Å². The molecule has 8 heteroatoms. The van der Waals surface area contributed by atoms with Crippen LogP contribution in [0.2, 0.25) is 5.02 Å². The molecule has 0 atom stereocenters. The molecule has 0 aliphatic heterocycles. The van der Waals surface area contributed by atoms with E-state index in [1.54, 1.807) is 36.7 Å². The fourth-order valence-corrected chi connectivity index (χ4v) is 4.56. The van der Waals surface area contributed by atoms with Crippen molar-refractivity contribution >= 4 is 54.6 Å². The van der Waals surface area contributed by atoms with Crippen LogP contribution in [-0.2, 0) is 16.6 Å². The van der Waals surface area contributed by atoms with E-state index in [4.69, 9.17) is 11.6 Å². The SMILES string of the molecule is CNCc1sccc1S(=O)(=O)Nc1ccc(Br)c(Cl)c1. The molecule has 0 spiro atoms. The third-order valence-corrected chi connectivity index (χ3v) is 6.25. The van der Waals surface area contributed by atoms with Gasteiger partial charge < -0.3 is 5.32 Å². The van der Waals surface area contributed by atoms with E-state index in [0.29, 0.717) is 21.7 Å². The monoisotopic (exact) mass is 394 g/mol. The Morgan fingerprint density at radius 1 is 1.35 bits per heavy atom. The van der Waals surface area contributed by atoms with Gasteiger partial charge in [-0.05, 0) is 52.6 Å². The summed E-state index contributed by atoms with van der Waals surface area (Å²) in [6.07, 6.45) is 0. The maximum absolute atomic E-state index is 12.4. The van der Waals surface area contributed by atoms with Crippen LogP contribution in [0.3, 0.4) is 0 Å². The van der Waals surface area contributed by atoms with Gasteiger partial charge in [0.2, 0.25) is 0 Å². The number of benzene rings is 1. The van der Waals surface area contributed by atoms with Crippen LogP contribution in [0.15, 0.2) is 39.0 Å². The van der Waals surface area contributed by atoms with E-state index >= 15 is 0 Å². The molecule has 0 saturated heterocycles. The molecule has 1 aromatic heterocycles. The number of hydrogen-bond acceptors (Lipinski definition) is 4. The quantitative estimate of drug-likeness (QED) is 0.812. The molecule has 0 unspecified atom stereocenters. The van der Waals surface area contributed by atoms with Gasteiger partial charge in [-0.15, -0.1) is 11.3 Å². The Bertz CT molecular complexity index is 716. The van der Waals surface area contributed by atoms with Crippen LogP contribution in [0.5, 0.6) is 0 Å². The van der Waals surface area contributed by atoms with Crippen molar-refractivity contribution in [3.63, 3.8) is 0 Å². The molecule has 2 aromatic rings. The summed E-state index contributed by atoms with van der Waals surface area (Å²) in [6, 6.07) is 6.51. The second-order valence-electron chi connectivity index (χ2n) is 3.97. The molecule has 4 nitrogen and oxygen atoms in total. The summed E-state index contributed by atoms with van der Waals surface area (Å²) in [5, 5.41) is 5.16. The highest BCUT2D eigenvalue weighted by Crippen LogP contribution is 2.28. The fraction of sp³-hybridized carbons (Fsp3) is 0.167. The first kappa shape index (κ1) is 15.8. The second kappa shape index (κ2) is 6.44. The summed E-state index contributed by atoms with van der Waals surface area (Å²) in [7, 11) is -1.83. The van der Waals surface area contributed by atoms with Crippen LogP contribution in [-0.4, -0.2) is 15.5 Å². The third kappa shape index (κ3) is 3.53. The normalized spacial score (nSPS) is 11.6. The molecule has 0 saturated carbocycles. The lowest BCUT2D eigenvalue weighted by Crippen LogP contribution is -2.15. The molecule has 108 valence electrons. The predicted octanol–water partition coefficient (Wildman–Crippen LogP) is 3.68. The summed E-state index contributed by atoms with van der Waals surface area (Å²) in [6.45, 7) is 0.509. The molecule has 0 amide bonds. The van der Waals surface area contributed by atoms with E-state index in [1.807, 2.05) is 0 Å². The van der Waals surface area contributed by atoms with E-state index in [1.165, 1.54) is 11.3 Å². The maximum Gasteiger partial charge on any atom is 0.263 e. The van der Waals surface area contributed by atoms with Gasteiger partial charge in [0.1, 0.15) is 4.90 Å². The van der Waals surface area contributed by atoms with Crippen LogP contribution in [0, 0.1) is 0 Å². The van der Waals surface area contributed by atoms with Gasteiger partial charge in [0, 0.05) is 15.9 Å². The van der Waals surface area contributed by atoms with E-state index in [-0.39, 0.29) is 4.90 Å². The van der Waals surface area contributed by atoms with Crippen molar-refractivity contribution in [2.45, 2.75) is 11.4 Å². The van der Waals surface area contributed by atoms with E-state index in [9.17, 15) is 8.42 Å². The molecule has 20 heavy (non-hydrogen) atoms. The zero-order valence-corrected chi connectivity index (χ0v) is 14.5. The minimum absolute atomic E-state index is 0.288. The van der Waals surface area contributed by atoms with Crippen LogP contribution >= 0.6 is 38.9 Å². The number of sulfonamides is 1. The summed E-state index contributed by atoms with van der Waals surface area (Å²) in [5.74, 6) is 0. The van der Waals surface area contributed by atoms with Crippen molar-refractivity contribution in [3.8, 4) is 0 Å². The largest absolute Gasteiger partial charge is 0.315 e. The molecule has 1 aromatic carbocycles. The Morgan fingerprint density at radius 2 is 2.10 bits per heavy atom. The second-order valence-corrected chi connectivity index (χ2v) is 7.89. The molecular weight excluding hydrogens is 384 g/mol. The standard InChI is InChI=1S/C12H12BrClN2O2S2/c1-15-7-11-12(4-5-19-11)20(17,18)16-8-2-3-9(13)10(14)6-8/h2-6,15-16H,7H2,1H3. The number of thiophene rings is 1. The van der Waals surface area contributed by atoms with Gasteiger partial charge in [0.15, 0.2) is 0 Å². The highest BCUT2D eigenvalue weighted by Gasteiger charge is 2.19. The van der Waals surface area contributed by atoms with Gasteiger partial charge in [-0.2, -0.15) is 0 Å². The van der Waals surface area contributed by atoms with Gasteiger partial charge in [0.05, 0.1) is 10.7 Å². The molecule has 0 aliphatic rings. The lowest BCUT2D eigenvalue weighted by Gasteiger charge is -2.09. The summed E-state index contributed by atoms with van der Waals surface area (Å²) in [4.78, 5) is 1.05. The van der Waals surface area contributed by atoms with Crippen molar-refractivity contribution in [2.24, 2.45) is 0 Å². The molecular formula is C12H12BrClN2O2S2. The molecule has 0 fully saturated rings. The van der Waals surface area contributed by atoms with Crippen LogP contribution in [0.1, 0.15) is 4.88 Å². The summed E-state index contributed by atoms with van der Waals surface area (Å²) < 4.78 is 28.0. The van der Waals surface area contributed by atoms with Gasteiger partial charge >= 0.3 is 0 Å². The molecule has 0 bridgehead atoms. The van der Waals surface area contributed by atoms with Crippen molar-refractivity contribution < 1.29 is 8.42 Å². The molecule has 0 radical (unpaired) electrons. The summed E-state index contributed by atoms with van der Waals surface area (Å²) >= 11 is 10.6.